The van der Waals surface area contributed by atoms with Crippen LogP contribution in [0.25, 0.3) is 0 Å². The Balaban J connectivity index is 1.69. The zero-order valence-electron chi connectivity index (χ0n) is 13.4. The maximum absolute atomic E-state index is 6.22. The van der Waals surface area contributed by atoms with Gasteiger partial charge in [-0.1, -0.05) is 43.3 Å². The van der Waals surface area contributed by atoms with Crippen LogP contribution in [-0.2, 0) is 0 Å². The minimum absolute atomic E-state index is 0.434. The Kier molecular flexibility index (Phi) is 4.69. The van der Waals surface area contributed by atoms with Crippen LogP contribution in [0, 0.1) is 5.41 Å². The number of hydrogen-bond acceptors (Lipinski definition) is 5. The number of nitrogens with zero attached hydrogens (tertiary/aromatic N) is 3. The summed E-state index contributed by atoms with van der Waals surface area (Å²) in [5, 5.41) is 1.39. The maximum Gasteiger partial charge on any atom is 0.147 e. The van der Waals surface area contributed by atoms with Gasteiger partial charge < -0.3 is 10.6 Å². The van der Waals surface area contributed by atoms with Crippen LogP contribution in [0.2, 0.25) is 5.02 Å². The SMILES string of the molecule is CC1(C)CCN(c2cnc(Sc3cccc(N)c3Cl)cn2)CC1. The van der Waals surface area contributed by atoms with Gasteiger partial charge in [0.25, 0.3) is 0 Å². The van der Waals surface area contributed by atoms with Crippen LogP contribution < -0.4 is 10.6 Å². The molecule has 2 aromatic rings. The summed E-state index contributed by atoms with van der Waals surface area (Å²) in [6.45, 7) is 6.72. The van der Waals surface area contributed by atoms with Crippen molar-refractivity contribution in [3.8, 4) is 0 Å². The van der Waals surface area contributed by atoms with Crippen LogP contribution in [0.5, 0.6) is 0 Å². The van der Waals surface area contributed by atoms with E-state index in [4.69, 9.17) is 17.3 Å². The van der Waals surface area contributed by atoms with E-state index in [1.165, 1.54) is 24.6 Å². The number of rotatable bonds is 3. The summed E-state index contributed by atoms with van der Waals surface area (Å²) in [6.07, 6.45) is 6.02. The minimum Gasteiger partial charge on any atom is -0.397 e. The number of aromatic nitrogens is 2. The Bertz CT molecular complexity index is 677. The van der Waals surface area contributed by atoms with Crippen molar-refractivity contribution in [2.75, 3.05) is 23.7 Å². The lowest BCUT2D eigenvalue weighted by atomic mass is 9.83. The van der Waals surface area contributed by atoms with Gasteiger partial charge >= 0.3 is 0 Å². The Hall–Kier alpha value is -1.46. The quantitative estimate of drug-likeness (QED) is 0.828. The van der Waals surface area contributed by atoms with E-state index in [1.807, 2.05) is 18.3 Å². The van der Waals surface area contributed by atoms with E-state index in [0.717, 1.165) is 28.8 Å². The lowest BCUT2D eigenvalue weighted by Gasteiger charge is -2.37. The van der Waals surface area contributed by atoms with E-state index in [9.17, 15) is 0 Å². The van der Waals surface area contributed by atoms with E-state index in [2.05, 4.69) is 28.7 Å². The molecule has 0 unspecified atom stereocenters. The molecule has 0 amide bonds. The van der Waals surface area contributed by atoms with Crippen molar-refractivity contribution in [2.24, 2.45) is 5.41 Å². The van der Waals surface area contributed by atoms with Gasteiger partial charge in [0.15, 0.2) is 0 Å². The van der Waals surface area contributed by atoms with Crippen molar-refractivity contribution < 1.29 is 0 Å². The summed E-state index contributed by atoms with van der Waals surface area (Å²) >= 11 is 7.70. The van der Waals surface area contributed by atoms with E-state index < -0.39 is 0 Å². The predicted octanol–water partition coefficient (Wildman–Crippen LogP) is 4.49. The Morgan fingerprint density at radius 1 is 1.17 bits per heavy atom. The summed E-state index contributed by atoms with van der Waals surface area (Å²) in [4.78, 5) is 12.3. The van der Waals surface area contributed by atoms with Crippen molar-refractivity contribution >= 4 is 34.9 Å². The predicted molar refractivity (Wildman–Crippen MR) is 97.2 cm³/mol. The lowest BCUT2D eigenvalue weighted by Crippen LogP contribution is -2.37. The molecule has 3 rings (SSSR count). The molecule has 122 valence electrons. The standard InChI is InChI=1S/C17H21ClN4S/c1-17(2)6-8-22(9-7-17)14-10-21-15(11-20-14)23-13-5-3-4-12(19)16(13)18/h3-5,10-11H,6-9,19H2,1-2H3. The van der Waals surface area contributed by atoms with Crippen LogP contribution in [0.3, 0.4) is 0 Å². The highest BCUT2D eigenvalue weighted by molar-refractivity contribution is 7.99. The van der Waals surface area contributed by atoms with E-state index in [-0.39, 0.29) is 0 Å². The fourth-order valence-corrected chi connectivity index (χ4v) is 3.62. The van der Waals surface area contributed by atoms with Crippen LogP contribution >= 0.6 is 23.4 Å². The molecule has 1 aliphatic heterocycles. The van der Waals surface area contributed by atoms with Gasteiger partial charge in [-0.3, -0.25) is 0 Å². The van der Waals surface area contributed by atoms with Gasteiger partial charge in [0.2, 0.25) is 0 Å². The van der Waals surface area contributed by atoms with Crippen molar-refractivity contribution in [2.45, 2.75) is 36.6 Å². The van der Waals surface area contributed by atoms with E-state index in [0.29, 0.717) is 16.1 Å². The van der Waals surface area contributed by atoms with Crippen LogP contribution in [0.4, 0.5) is 11.5 Å². The van der Waals surface area contributed by atoms with Gasteiger partial charge in [0.1, 0.15) is 10.8 Å². The third-order valence-electron chi connectivity index (χ3n) is 4.26. The molecule has 1 aliphatic rings. The number of nitrogens with two attached hydrogens (primary N) is 1. The second kappa shape index (κ2) is 6.57. The maximum atomic E-state index is 6.22. The van der Waals surface area contributed by atoms with Crippen molar-refractivity contribution in [3.63, 3.8) is 0 Å². The number of hydrogen-bond donors (Lipinski definition) is 1. The van der Waals surface area contributed by atoms with E-state index in [1.54, 1.807) is 12.3 Å². The summed E-state index contributed by atoms with van der Waals surface area (Å²) in [5.41, 5.74) is 6.84. The third-order valence-corrected chi connectivity index (χ3v) is 5.78. The lowest BCUT2D eigenvalue weighted by molar-refractivity contribution is 0.279. The Labute approximate surface area is 146 Å². The molecular weight excluding hydrogens is 328 g/mol. The first kappa shape index (κ1) is 16.4. The van der Waals surface area contributed by atoms with Crippen molar-refractivity contribution in [3.05, 3.63) is 35.6 Å². The molecule has 0 aliphatic carbocycles. The fraction of sp³-hybridized carbons (Fsp3) is 0.412. The molecule has 0 saturated carbocycles. The zero-order valence-corrected chi connectivity index (χ0v) is 15.0. The van der Waals surface area contributed by atoms with Crippen LogP contribution in [0.1, 0.15) is 26.7 Å². The monoisotopic (exact) mass is 348 g/mol. The average molecular weight is 349 g/mol. The molecule has 23 heavy (non-hydrogen) atoms. The highest BCUT2D eigenvalue weighted by Gasteiger charge is 2.26. The molecule has 2 heterocycles. The minimum atomic E-state index is 0.434. The second-order valence-electron chi connectivity index (χ2n) is 6.63. The Morgan fingerprint density at radius 2 is 1.91 bits per heavy atom. The summed E-state index contributed by atoms with van der Waals surface area (Å²) < 4.78 is 0. The van der Waals surface area contributed by atoms with Gasteiger partial charge in [-0.25, -0.2) is 9.97 Å². The third kappa shape index (κ3) is 3.90. The summed E-state index contributed by atoms with van der Waals surface area (Å²) in [7, 11) is 0. The van der Waals surface area contributed by atoms with Gasteiger partial charge in [-0.05, 0) is 30.4 Å². The second-order valence-corrected chi connectivity index (χ2v) is 8.07. The molecule has 2 N–H and O–H groups in total. The van der Waals surface area contributed by atoms with Crippen LogP contribution in [-0.4, -0.2) is 23.1 Å². The van der Waals surface area contributed by atoms with Crippen molar-refractivity contribution in [1.29, 1.82) is 0 Å². The number of nitrogen functional groups attached to an aromatic ring is 1. The first-order valence-corrected chi connectivity index (χ1v) is 8.93. The molecule has 0 atom stereocenters. The molecule has 0 radical (unpaired) electrons. The van der Waals surface area contributed by atoms with Gasteiger partial charge in [-0.2, -0.15) is 0 Å². The van der Waals surface area contributed by atoms with Gasteiger partial charge in [-0.15, -0.1) is 0 Å². The van der Waals surface area contributed by atoms with Gasteiger partial charge in [0, 0.05) is 18.0 Å². The highest BCUT2D eigenvalue weighted by Crippen LogP contribution is 2.36. The largest absolute Gasteiger partial charge is 0.397 e. The zero-order chi connectivity index (χ0) is 16.4. The van der Waals surface area contributed by atoms with E-state index >= 15 is 0 Å². The van der Waals surface area contributed by atoms with Gasteiger partial charge in [0.05, 0.1) is 23.1 Å². The molecular formula is C17H21ClN4S. The fourth-order valence-electron chi connectivity index (χ4n) is 2.59. The normalized spacial score (nSPS) is 17.3. The molecule has 1 aromatic heterocycles. The van der Waals surface area contributed by atoms with Crippen molar-refractivity contribution in [1.82, 2.24) is 9.97 Å². The summed E-state index contributed by atoms with van der Waals surface area (Å²) in [6, 6.07) is 5.62. The molecule has 0 spiro atoms. The first-order valence-electron chi connectivity index (χ1n) is 7.73. The number of piperidine rings is 1. The Morgan fingerprint density at radius 3 is 2.57 bits per heavy atom. The van der Waals surface area contributed by atoms with Crippen LogP contribution in [0.15, 0.2) is 40.5 Å². The average Bonchev–Trinajstić information content (AvgIpc) is 2.53. The smallest absolute Gasteiger partial charge is 0.147 e. The topological polar surface area (TPSA) is 55.0 Å². The molecule has 0 bridgehead atoms. The number of anilines is 2. The summed E-state index contributed by atoms with van der Waals surface area (Å²) in [5.74, 6) is 0.948. The molecule has 1 saturated heterocycles. The molecule has 4 nitrogen and oxygen atoms in total. The molecule has 1 fully saturated rings. The number of benzene rings is 1. The first-order chi connectivity index (χ1) is 10.9. The number of halogens is 1. The highest BCUT2D eigenvalue weighted by atomic mass is 35.5. The molecule has 1 aromatic carbocycles. The molecule has 6 heteroatoms.